The Balaban J connectivity index is 1.93. The van der Waals surface area contributed by atoms with Crippen molar-refractivity contribution in [2.45, 2.75) is 18.8 Å². The van der Waals surface area contributed by atoms with E-state index in [0.717, 1.165) is 23.0 Å². The Morgan fingerprint density at radius 1 is 1.25 bits per heavy atom. The number of nitrogens with two attached hydrogens (primary N) is 1. The molecule has 2 aromatic rings. The number of rotatable bonds is 3. The van der Waals surface area contributed by atoms with E-state index in [9.17, 15) is 0 Å². The standard InChI is InChI=1S/C13H10BrCl2N3O/c14-8-5-18-13(19-11(8)6-1-2-6)20-12-9(15)3-7(17)4-10(12)16/h3-6H,1-2,17H2. The van der Waals surface area contributed by atoms with Gasteiger partial charge < -0.3 is 10.5 Å². The molecule has 2 N–H and O–H groups in total. The van der Waals surface area contributed by atoms with E-state index < -0.39 is 0 Å². The van der Waals surface area contributed by atoms with Crippen LogP contribution in [0.1, 0.15) is 24.5 Å². The Morgan fingerprint density at radius 3 is 2.50 bits per heavy atom. The summed E-state index contributed by atoms with van der Waals surface area (Å²) < 4.78 is 6.50. The molecule has 1 heterocycles. The van der Waals surface area contributed by atoms with Crippen LogP contribution in [0.3, 0.4) is 0 Å². The molecule has 0 spiro atoms. The zero-order valence-corrected chi connectivity index (χ0v) is 13.3. The first kappa shape index (κ1) is 13.9. The van der Waals surface area contributed by atoms with Crippen molar-refractivity contribution in [2.24, 2.45) is 0 Å². The molecular formula is C13H10BrCl2N3O. The van der Waals surface area contributed by atoms with Gasteiger partial charge in [-0.3, -0.25) is 0 Å². The van der Waals surface area contributed by atoms with Crippen molar-refractivity contribution in [2.75, 3.05) is 5.73 Å². The largest absolute Gasteiger partial charge is 0.421 e. The highest BCUT2D eigenvalue weighted by Gasteiger charge is 2.28. The van der Waals surface area contributed by atoms with Crippen LogP contribution < -0.4 is 10.5 Å². The summed E-state index contributed by atoms with van der Waals surface area (Å²) in [5, 5.41) is 0.656. The predicted octanol–water partition coefficient (Wildman–Crippen LogP) is 4.80. The summed E-state index contributed by atoms with van der Waals surface area (Å²) in [7, 11) is 0. The Labute approximate surface area is 134 Å². The van der Waals surface area contributed by atoms with Crippen LogP contribution in [-0.2, 0) is 0 Å². The second-order valence-corrected chi connectivity index (χ2v) is 6.24. The molecule has 1 aliphatic rings. The van der Waals surface area contributed by atoms with Crippen molar-refractivity contribution >= 4 is 44.8 Å². The van der Waals surface area contributed by atoms with Crippen molar-refractivity contribution in [1.29, 1.82) is 0 Å². The Hall–Kier alpha value is -1.04. The van der Waals surface area contributed by atoms with Gasteiger partial charge in [0.2, 0.25) is 0 Å². The second-order valence-electron chi connectivity index (χ2n) is 4.58. The topological polar surface area (TPSA) is 61.0 Å². The van der Waals surface area contributed by atoms with Gasteiger partial charge in [-0.15, -0.1) is 0 Å². The number of hydrogen-bond acceptors (Lipinski definition) is 4. The number of benzene rings is 1. The van der Waals surface area contributed by atoms with Crippen molar-refractivity contribution in [3.63, 3.8) is 0 Å². The van der Waals surface area contributed by atoms with E-state index in [1.165, 1.54) is 0 Å². The molecule has 3 rings (SSSR count). The van der Waals surface area contributed by atoms with Gasteiger partial charge in [0.15, 0.2) is 5.75 Å². The third-order valence-corrected chi connectivity index (χ3v) is 4.10. The van der Waals surface area contributed by atoms with Crippen LogP contribution >= 0.6 is 39.1 Å². The Kier molecular flexibility index (Phi) is 3.75. The van der Waals surface area contributed by atoms with Gasteiger partial charge in [-0.25, -0.2) is 4.98 Å². The van der Waals surface area contributed by atoms with Gasteiger partial charge >= 0.3 is 6.01 Å². The first-order chi connectivity index (χ1) is 9.54. The molecule has 0 bridgehead atoms. The fraction of sp³-hybridized carbons (Fsp3) is 0.231. The van der Waals surface area contributed by atoms with E-state index in [1.807, 2.05) is 0 Å². The van der Waals surface area contributed by atoms with Gasteiger partial charge in [-0.2, -0.15) is 4.98 Å². The molecule has 0 aliphatic heterocycles. The molecule has 104 valence electrons. The van der Waals surface area contributed by atoms with Crippen LogP contribution in [-0.4, -0.2) is 9.97 Å². The number of nitrogens with zero attached hydrogens (tertiary/aromatic N) is 2. The van der Waals surface area contributed by atoms with Gasteiger partial charge in [0.1, 0.15) is 0 Å². The van der Waals surface area contributed by atoms with E-state index in [2.05, 4.69) is 25.9 Å². The minimum Gasteiger partial charge on any atom is -0.421 e. The van der Waals surface area contributed by atoms with E-state index in [1.54, 1.807) is 18.3 Å². The molecular weight excluding hydrogens is 365 g/mol. The summed E-state index contributed by atoms with van der Waals surface area (Å²) in [5.74, 6) is 0.790. The van der Waals surface area contributed by atoms with Crippen molar-refractivity contribution < 1.29 is 4.74 Å². The molecule has 1 saturated carbocycles. The van der Waals surface area contributed by atoms with Crippen molar-refractivity contribution in [1.82, 2.24) is 9.97 Å². The zero-order valence-electron chi connectivity index (χ0n) is 10.2. The first-order valence-electron chi connectivity index (χ1n) is 5.99. The van der Waals surface area contributed by atoms with Crippen LogP contribution in [0.15, 0.2) is 22.8 Å². The lowest BCUT2D eigenvalue weighted by atomic mass is 10.3. The molecule has 1 aromatic carbocycles. The normalized spacial score (nSPS) is 14.3. The van der Waals surface area contributed by atoms with Gasteiger partial charge in [0.05, 0.1) is 20.2 Å². The average molecular weight is 375 g/mol. The highest BCUT2D eigenvalue weighted by Crippen LogP contribution is 2.43. The molecule has 0 atom stereocenters. The van der Waals surface area contributed by atoms with E-state index in [-0.39, 0.29) is 6.01 Å². The maximum Gasteiger partial charge on any atom is 0.322 e. The predicted molar refractivity (Wildman–Crippen MR) is 82.7 cm³/mol. The lowest BCUT2D eigenvalue weighted by molar-refractivity contribution is 0.439. The third kappa shape index (κ3) is 2.85. The average Bonchev–Trinajstić information content (AvgIpc) is 3.19. The number of nitrogen functional groups attached to an aromatic ring is 1. The number of anilines is 1. The smallest absolute Gasteiger partial charge is 0.322 e. The quantitative estimate of drug-likeness (QED) is 0.784. The van der Waals surface area contributed by atoms with Gasteiger partial charge in [-0.05, 0) is 40.9 Å². The highest BCUT2D eigenvalue weighted by molar-refractivity contribution is 9.10. The fourth-order valence-electron chi connectivity index (χ4n) is 1.82. The maximum atomic E-state index is 6.08. The van der Waals surface area contributed by atoms with E-state index in [0.29, 0.717) is 27.4 Å². The van der Waals surface area contributed by atoms with Crippen LogP contribution in [0.5, 0.6) is 11.8 Å². The summed E-state index contributed by atoms with van der Waals surface area (Å²) in [4.78, 5) is 8.53. The molecule has 0 amide bonds. The van der Waals surface area contributed by atoms with Crippen LogP contribution in [0.2, 0.25) is 10.0 Å². The SMILES string of the molecule is Nc1cc(Cl)c(Oc2ncc(Br)c(C3CC3)n2)c(Cl)c1. The number of halogens is 3. The van der Waals surface area contributed by atoms with Crippen molar-refractivity contribution in [3.8, 4) is 11.8 Å². The molecule has 20 heavy (non-hydrogen) atoms. The lowest BCUT2D eigenvalue weighted by Gasteiger charge is -2.10. The summed E-state index contributed by atoms with van der Waals surface area (Å²) in [6.45, 7) is 0. The molecule has 1 aromatic heterocycles. The second kappa shape index (κ2) is 5.39. The first-order valence-corrected chi connectivity index (χ1v) is 7.54. The summed E-state index contributed by atoms with van der Waals surface area (Å²) in [5.41, 5.74) is 7.08. The molecule has 4 nitrogen and oxygen atoms in total. The van der Waals surface area contributed by atoms with E-state index in [4.69, 9.17) is 33.7 Å². The molecule has 1 aliphatic carbocycles. The van der Waals surface area contributed by atoms with E-state index >= 15 is 0 Å². The van der Waals surface area contributed by atoms with Crippen molar-refractivity contribution in [3.05, 3.63) is 38.5 Å². The highest BCUT2D eigenvalue weighted by atomic mass is 79.9. The maximum absolute atomic E-state index is 6.08. The Morgan fingerprint density at radius 2 is 1.90 bits per heavy atom. The fourth-order valence-corrected chi connectivity index (χ4v) is 2.92. The zero-order chi connectivity index (χ0) is 14.3. The van der Waals surface area contributed by atoms with Gasteiger partial charge in [0.25, 0.3) is 0 Å². The van der Waals surface area contributed by atoms with Gasteiger partial charge in [0, 0.05) is 17.8 Å². The minimum atomic E-state index is 0.226. The monoisotopic (exact) mass is 373 g/mol. The number of ether oxygens (including phenoxy) is 1. The lowest BCUT2D eigenvalue weighted by Crippen LogP contribution is -1.98. The minimum absolute atomic E-state index is 0.226. The molecule has 0 radical (unpaired) electrons. The molecule has 1 fully saturated rings. The summed E-state index contributed by atoms with van der Waals surface area (Å²) in [6.07, 6.45) is 3.95. The van der Waals surface area contributed by atoms with Crippen LogP contribution in [0.4, 0.5) is 5.69 Å². The molecule has 0 saturated heterocycles. The van der Waals surface area contributed by atoms with Crippen LogP contribution in [0, 0.1) is 0 Å². The summed E-state index contributed by atoms with van der Waals surface area (Å²) >= 11 is 15.6. The number of hydrogen-bond donors (Lipinski definition) is 1. The Bertz CT molecular complexity index is 654. The molecule has 7 heteroatoms. The summed E-state index contributed by atoms with van der Waals surface area (Å²) in [6, 6.07) is 3.37. The van der Waals surface area contributed by atoms with Gasteiger partial charge in [-0.1, -0.05) is 23.2 Å². The molecule has 0 unspecified atom stereocenters. The third-order valence-electron chi connectivity index (χ3n) is 2.93. The number of aromatic nitrogens is 2. The van der Waals surface area contributed by atoms with Crippen LogP contribution in [0.25, 0.3) is 0 Å².